The van der Waals surface area contributed by atoms with Gasteiger partial charge in [0.25, 0.3) is 0 Å². The molecular weight excluding hydrogens is 360 g/mol. The van der Waals surface area contributed by atoms with Crippen molar-refractivity contribution in [2.45, 2.75) is 33.2 Å². The number of hydrogen-bond donors (Lipinski definition) is 2. The van der Waals surface area contributed by atoms with Crippen molar-refractivity contribution in [2.24, 2.45) is 5.73 Å². The first-order chi connectivity index (χ1) is 13.9. The lowest BCUT2D eigenvalue weighted by Crippen LogP contribution is -2.37. The van der Waals surface area contributed by atoms with Crippen LogP contribution in [-0.4, -0.2) is 62.0 Å². The normalized spacial score (nSPS) is 14.4. The Hall–Kier alpha value is -2.37. The minimum absolute atomic E-state index is 0.505. The van der Waals surface area contributed by atoms with E-state index in [9.17, 15) is 4.79 Å². The Morgan fingerprint density at radius 1 is 1.34 bits per heavy atom. The number of likely N-dealkylation sites (N-methyl/N-ethyl adjacent to an activating group) is 1. The van der Waals surface area contributed by atoms with Gasteiger partial charge in [0, 0.05) is 32.2 Å². The Balaban J connectivity index is 0. The van der Waals surface area contributed by atoms with Crippen molar-refractivity contribution in [1.82, 2.24) is 15.1 Å². The Morgan fingerprint density at radius 3 is 2.31 bits per heavy atom. The zero-order valence-corrected chi connectivity index (χ0v) is 19.0. The highest BCUT2D eigenvalue weighted by Gasteiger charge is 2.19. The average Bonchev–Trinajstić information content (AvgIpc) is 3.19. The molecule has 0 aliphatic carbocycles. The molecule has 1 aliphatic rings. The Kier molecular flexibility index (Phi) is 18.9. The molecule has 0 radical (unpaired) electrons. The number of hydrogen-bond acceptors (Lipinski definition) is 4. The van der Waals surface area contributed by atoms with Crippen LogP contribution in [0.15, 0.2) is 56.8 Å². The van der Waals surface area contributed by atoms with Gasteiger partial charge in [-0.1, -0.05) is 55.5 Å². The van der Waals surface area contributed by atoms with Crippen LogP contribution >= 0.6 is 0 Å². The second kappa shape index (κ2) is 19.0. The molecule has 29 heavy (non-hydrogen) atoms. The molecule has 1 atom stereocenters. The summed E-state index contributed by atoms with van der Waals surface area (Å²) in [5, 5.41) is 3.47. The van der Waals surface area contributed by atoms with Gasteiger partial charge >= 0.3 is 0 Å². The van der Waals surface area contributed by atoms with Crippen LogP contribution in [0, 0.1) is 6.92 Å². The zero-order valence-electron chi connectivity index (χ0n) is 19.0. The number of nitrogens with zero attached hydrogens (tertiary/aromatic N) is 2. The van der Waals surface area contributed by atoms with Crippen LogP contribution in [0.2, 0.25) is 0 Å². The fraction of sp³-hybridized carbons (Fsp3) is 0.458. The summed E-state index contributed by atoms with van der Waals surface area (Å²) in [7, 11) is 2.12. The number of aryl methyl sites for hydroxylation is 1. The van der Waals surface area contributed by atoms with Gasteiger partial charge < -0.3 is 20.9 Å². The number of carbonyl (C=O) groups is 1. The highest BCUT2D eigenvalue weighted by atomic mass is 16.1. The second-order valence-electron chi connectivity index (χ2n) is 6.82. The summed E-state index contributed by atoms with van der Waals surface area (Å²) in [6, 6.07) is 8.90. The van der Waals surface area contributed by atoms with Crippen molar-refractivity contribution in [3.05, 3.63) is 67.9 Å². The summed E-state index contributed by atoms with van der Waals surface area (Å²) in [4.78, 5) is 14.6. The summed E-state index contributed by atoms with van der Waals surface area (Å²) >= 11 is 0. The highest BCUT2D eigenvalue weighted by molar-refractivity contribution is 5.61. The van der Waals surface area contributed by atoms with Gasteiger partial charge in [0.1, 0.15) is 0 Å². The van der Waals surface area contributed by atoms with Crippen LogP contribution in [0.4, 0.5) is 0 Å². The minimum Gasteiger partial charge on any atom is -0.405 e. The second-order valence-corrected chi connectivity index (χ2v) is 6.82. The third-order valence-corrected chi connectivity index (χ3v) is 4.38. The van der Waals surface area contributed by atoms with E-state index in [2.05, 4.69) is 87.4 Å². The number of benzene rings is 1. The molecule has 1 aliphatic heterocycles. The van der Waals surface area contributed by atoms with E-state index in [1.54, 1.807) is 0 Å². The van der Waals surface area contributed by atoms with E-state index < -0.39 is 0 Å². The van der Waals surface area contributed by atoms with Crippen molar-refractivity contribution in [2.75, 3.05) is 39.8 Å². The number of amides is 1. The molecular formula is C24H42N4O. The molecule has 1 aromatic rings. The minimum atomic E-state index is 0.505. The summed E-state index contributed by atoms with van der Waals surface area (Å²) in [6.45, 7) is 24.2. The molecule has 1 unspecified atom stereocenters. The molecule has 5 heteroatoms. The van der Waals surface area contributed by atoms with Crippen LogP contribution in [0.25, 0.3) is 5.57 Å². The molecule has 0 bridgehead atoms. The molecule has 3 N–H and O–H groups in total. The van der Waals surface area contributed by atoms with Crippen molar-refractivity contribution in [1.29, 1.82) is 0 Å². The summed E-state index contributed by atoms with van der Waals surface area (Å²) in [5.41, 5.74) is 8.26. The van der Waals surface area contributed by atoms with Gasteiger partial charge in [0.15, 0.2) is 0 Å². The third kappa shape index (κ3) is 15.3. The predicted molar refractivity (Wildman–Crippen MR) is 129 cm³/mol. The van der Waals surface area contributed by atoms with Gasteiger partial charge in [0.05, 0.1) is 0 Å². The predicted octanol–water partition coefficient (Wildman–Crippen LogP) is 3.68. The van der Waals surface area contributed by atoms with Gasteiger partial charge in [-0.25, -0.2) is 0 Å². The lowest BCUT2D eigenvalue weighted by molar-refractivity contribution is -0.117. The van der Waals surface area contributed by atoms with Crippen LogP contribution in [0.5, 0.6) is 0 Å². The molecule has 5 nitrogen and oxygen atoms in total. The molecule has 1 fully saturated rings. The van der Waals surface area contributed by atoms with E-state index in [1.807, 2.05) is 11.8 Å². The maximum Gasteiger partial charge on any atom is 0.209 e. The quantitative estimate of drug-likeness (QED) is 0.539. The van der Waals surface area contributed by atoms with E-state index in [-0.39, 0.29) is 0 Å². The third-order valence-electron chi connectivity index (χ3n) is 4.38. The zero-order chi connectivity index (χ0) is 22.7. The number of allylic oxidation sites excluding steroid dienone is 1. The monoisotopic (exact) mass is 402 g/mol. The molecule has 1 saturated heterocycles. The SMILES string of the molecule is C=C.C=C(C)c1ccc(C)cc1.C=CN.CCN(C)CCNC1CCN(C=O)C1. The van der Waals surface area contributed by atoms with Crippen molar-refractivity contribution >= 4 is 12.0 Å². The average molecular weight is 403 g/mol. The van der Waals surface area contributed by atoms with E-state index in [0.29, 0.717) is 6.04 Å². The first-order valence-corrected chi connectivity index (χ1v) is 10.0. The molecule has 1 heterocycles. The first-order valence-electron chi connectivity index (χ1n) is 10.0. The van der Waals surface area contributed by atoms with E-state index >= 15 is 0 Å². The largest absolute Gasteiger partial charge is 0.405 e. The topological polar surface area (TPSA) is 61.6 Å². The van der Waals surface area contributed by atoms with E-state index in [1.165, 1.54) is 17.3 Å². The van der Waals surface area contributed by atoms with Crippen molar-refractivity contribution in [3.8, 4) is 0 Å². The number of likely N-dealkylation sites (tertiary alicyclic amines) is 1. The molecule has 0 aromatic heterocycles. The molecule has 1 aromatic carbocycles. The van der Waals surface area contributed by atoms with Gasteiger partial charge in [-0.3, -0.25) is 4.79 Å². The Morgan fingerprint density at radius 2 is 1.90 bits per heavy atom. The van der Waals surface area contributed by atoms with Crippen molar-refractivity contribution < 1.29 is 4.79 Å². The molecule has 2 rings (SSSR count). The summed E-state index contributed by atoms with van der Waals surface area (Å²) < 4.78 is 0. The number of rotatable bonds is 7. The van der Waals surface area contributed by atoms with Gasteiger partial charge in [-0.15, -0.1) is 13.2 Å². The Bertz CT molecular complexity index is 557. The van der Waals surface area contributed by atoms with Crippen LogP contribution in [-0.2, 0) is 4.79 Å². The molecule has 0 spiro atoms. The summed E-state index contributed by atoms with van der Waals surface area (Å²) in [5.74, 6) is 0. The lowest BCUT2D eigenvalue weighted by Gasteiger charge is -2.17. The van der Waals surface area contributed by atoms with Gasteiger partial charge in [-0.05, 0) is 45.6 Å². The first kappa shape index (κ1) is 28.8. The number of nitrogens with one attached hydrogen (secondary N) is 1. The lowest BCUT2D eigenvalue weighted by atomic mass is 10.1. The maximum absolute atomic E-state index is 10.5. The fourth-order valence-electron chi connectivity index (χ4n) is 2.51. The molecule has 0 saturated carbocycles. The number of nitrogens with two attached hydrogens (primary N) is 1. The smallest absolute Gasteiger partial charge is 0.209 e. The van der Waals surface area contributed by atoms with Gasteiger partial charge in [-0.2, -0.15) is 0 Å². The standard InChI is InChI=1S/C10H21N3O.C10H12.C2H5N.C2H4/c1-3-12(2)7-5-11-10-4-6-13(8-10)9-14;1-8(2)10-6-4-9(3)5-7-10;1-2-3;1-2/h9-11H,3-8H2,1-2H3;4-7H,1H2,2-3H3;2H,1,3H2;1-2H2. The fourth-order valence-corrected chi connectivity index (χ4v) is 2.51. The highest BCUT2D eigenvalue weighted by Crippen LogP contribution is 2.11. The molecule has 1 amide bonds. The van der Waals surface area contributed by atoms with Crippen LogP contribution in [0.3, 0.4) is 0 Å². The maximum atomic E-state index is 10.5. The van der Waals surface area contributed by atoms with Crippen molar-refractivity contribution in [3.63, 3.8) is 0 Å². The van der Waals surface area contributed by atoms with E-state index in [4.69, 9.17) is 0 Å². The van der Waals surface area contributed by atoms with Crippen LogP contribution in [0.1, 0.15) is 31.4 Å². The van der Waals surface area contributed by atoms with E-state index in [0.717, 1.165) is 51.1 Å². The van der Waals surface area contributed by atoms with Gasteiger partial charge in [0.2, 0.25) is 6.41 Å². The van der Waals surface area contributed by atoms with Crippen LogP contribution < -0.4 is 11.1 Å². The Labute approximate surface area is 179 Å². The summed E-state index contributed by atoms with van der Waals surface area (Å²) in [6.07, 6.45) is 3.29. The number of carbonyl (C=O) groups excluding carboxylic acids is 1. The molecule has 164 valence electrons.